The number of aliphatic hydroxyl groups is 2. The second-order valence-electron chi connectivity index (χ2n) is 20.1. The number of hydrogen-bond donors (Lipinski definition) is 3. The quantitative estimate of drug-likeness (QED) is 0.0421. The van der Waals surface area contributed by atoms with E-state index in [4.69, 9.17) is 0 Å². The Labute approximate surface area is 402 Å². The predicted molar refractivity (Wildman–Crippen MR) is 285 cm³/mol. The van der Waals surface area contributed by atoms with E-state index in [-0.39, 0.29) is 12.5 Å². The van der Waals surface area contributed by atoms with Gasteiger partial charge in [-0.05, 0) is 51.4 Å². The molecule has 0 saturated heterocycles. The standard InChI is InChI=1S/C60H115NO3/c1-3-5-7-9-11-13-15-16-17-18-19-20-21-22-23-24-25-26-27-28-29-30-31-32-33-34-35-36-37-38-39-40-41-42-43-44-46-48-50-52-54-56-60(64)61-58(57-62)59(63)55-53-51-49-47-45-14-12-10-8-6-4-2/h15-16,18-19,53,55,58-59,62-63H,3-14,17,20-52,54,56-57H2,1-2H3,(H,61,64)/b16-15-,19-18-,55-53+. The Balaban J connectivity index is 3.34. The lowest BCUT2D eigenvalue weighted by Crippen LogP contribution is -2.45. The largest absolute Gasteiger partial charge is 0.394 e. The first-order chi connectivity index (χ1) is 31.7. The van der Waals surface area contributed by atoms with E-state index in [2.05, 4.69) is 43.5 Å². The van der Waals surface area contributed by atoms with Crippen LogP contribution < -0.4 is 5.32 Å². The van der Waals surface area contributed by atoms with Gasteiger partial charge in [-0.2, -0.15) is 0 Å². The number of amides is 1. The maximum atomic E-state index is 12.4. The molecular formula is C60H115NO3. The fraction of sp³-hybridized carbons (Fsp3) is 0.883. The summed E-state index contributed by atoms with van der Waals surface area (Å²) in [7, 11) is 0. The van der Waals surface area contributed by atoms with Gasteiger partial charge >= 0.3 is 0 Å². The van der Waals surface area contributed by atoms with Crippen molar-refractivity contribution in [3.05, 3.63) is 36.5 Å². The normalized spacial score (nSPS) is 13.0. The first-order valence-electron chi connectivity index (χ1n) is 29.2. The molecule has 64 heavy (non-hydrogen) atoms. The number of aliphatic hydroxyl groups excluding tert-OH is 2. The molecule has 1 amide bonds. The van der Waals surface area contributed by atoms with Gasteiger partial charge in [-0.3, -0.25) is 4.79 Å². The van der Waals surface area contributed by atoms with Crippen LogP contribution in [0.1, 0.15) is 322 Å². The van der Waals surface area contributed by atoms with Crippen molar-refractivity contribution in [2.45, 2.75) is 334 Å². The lowest BCUT2D eigenvalue weighted by molar-refractivity contribution is -0.123. The summed E-state index contributed by atoms with van der Waals surface area (Å²) in [5.74, 6) is -0.0598. The SMILES string of the molecule is CCCCCCC/C=C\C/C=C\CCCCCCCCCCCCCCCCCCCCCCCCCCCCCCCC(=O)NC(CO)C(O)/C=C/CCCCCCCCCCC. The van der Waals surface area contributed by atoms with Crippen LogP contribution in [0.2, 0.25) is 0 Å². The lowest BCUT2D eigenvalue weighted by Gasteiger charge is -2.20. The number of unbranched alkanes of at least 4 members (excludes halogenated alkanes) is 43. The van der Waals surface area contributed by atoms with Gasteiger partial charge in [0.2, 0.25) is 5.91 Å². The molecule has 0 aromatic heterocycles. The van der Waals surface area contributed by atoms with Crippen molar-refractivity contribution in [3.63, 3.8) is 0 Å². The third kappa shape index (κ3) is 51.6. The molecule has 0 aliphatic rings. The molecule has 0 aromatic rings. The Bertz CT molecular complexity index is 974. The van der Waals surface area contributed by atoms with Crippen LogP contribution in [0.4, 0.5) is 0 Å². The molecule has 2 unspecified atom stereocenters. The second-order valence-corrected chi connectivity index (χ2v) is 20.1. The van der Waals surface area contributed by atoms with E-state index in [1.807, 2.05) is 6.08 Å². The van der Waals surface area contributed by atoms with Gasteiger partial charge in [0.15, 0.2) is 0 Å². The van der Waals surface area contributed by atoms with Crippen molar-refractivity contribution in [1.29, 1.82) is 0 Å². The smallest absolute Gasteiger partial charge is 0.220 e. The number of hydrogen-bond acceptors (Lipinski definition) is 3. The van der Waals surface area contributed by atoms with Crippen LogP contribution in [0.3, 0.4) is 0 Å². The van der Waals surface area contributed by atoms with Crippen molar-refractivity contribution in [3.8, 4) is 0 Å². The molecule has 0 bridgehead atoms. The van der Waals surface area contributed by atoms with Gasteiger partial charge in [0.05, 0.1) is 18.8 Å². The highest BCUT2D eigenvalue weighted by molar-refractivity contribution is 5.76. The molecule has 0 spiro atoms. The van der Waals surface area contributed by atoms with Crippen LogP contribution >= 0.6 is 0 Å². The van der Waals surface area contributed by atoms with Crippen LogP contribution in [0.25, 0.3) is 0 Å². The van der Waals surface area contributed by atoms with Crippen molar-refractivity contribution < 1.29 is 15.0 Å². The molecule has 4 heteroatoms. The zero-order chi connectivity index (χ0) is 46.3. The minimum atomic E-state index is -0.835. The minimum Gasteiger partial charge on any atom is -0.394 e. The van der Waals surface area contributed by atoms with Crippen molar-refractivity contribution in [2.24, 2.45) is 0 Å². The maximum Gasteiger partial charge on any atom is 0.220 e. The van der Waals surface area contributed by atoms with Gasteiger partial charge in [-0.1, -0.05) is 301 Å². The van der Waals surface area contributed by atoms with Gasteiger partial charge in [-0.15, -0.1) is 0 Å². The molecule has 0 aromatic carbocycles. The van der Waals surface area contributed by atoms with Gasteiger partial charge < -0.3 is 15.5 Å². The monoisotopic (exact) mass is 898 g/mol. The summed E-state index contributed by atoms with van der Waals surface area (Å²) in [4.78, 5) is 12.4. The van der Waals surface area contributed by atoms with E-state index >= 15 is 0 Å². The van der Waals surface area contributed by atoms with E-state index in [0.29, 0.717) is 6.42 Å². The zero-order valence-corrected chi connectivity index (χ0v) is 43.6. The van der Waals surface area contributed by atoms with Gasteiger partial charge in [0.25, 0.3) is 0 Å². The molecule has 0 aliphatic carbocycles. The van der Waals surface area contributed by atoms with E-state index in [1.165, 1.54) is 270 Å². The van der Waals surface area contributed by atoms with Crippen molar-refractivity contribution in [1.82, 2.24) is 5.32 Å². The van der Waals surface area contributed by atoms with Gasteiger partial charge in [-0.25, -0.2) is 0 Å². The summed E-state index contributed by atoms with van der Waals surface area (Å²) in [6.45, 7) is 4.30. The Morgan fingerprint density at radius 3 is 0.938 bits per heavy atom. The van der Waals surface area contributed by atoms with Crippen molar-refractivity contribution >= 4 is 5.91 Å². The second kappa shape index (κ2) is 55.9. The molecule has 0 rings (SSSR count). The fourth-order valence-corrected chi connectivity index (χ4v) is 9.15. The summed E-state index contributed by atoms with van der Waals surface area (Å²) in [5, 5.41) is 23.0. The van der Waals surface area contributed by atoms with E-state index < -0.39 is 12.1 Å². The lowest BCUT2D eigenvalue weighted by atomic mass is 10.0. The average molecular weight is 899 g/mol. The summed E-state index contributed by atoms with van der Waals surface area (Å²) >= 11 is 0. The number of rotatable bonds is 54. The summed E-state index contributed by atoms with van der Waals surface area (Å²) in [5.41, 5.74) is 0. The van der Waals surface area contributed by atoms with Crippen LogP contribution in [0.15, 0.2) is 36.5 Å². The molecule has 0 aliphatic heterocycles. The van der Waals surface area contributed by atoms with Crippen LogP contribution in [0, 0.1) is 0 Å². The third-order valence-electron chi connectivity index (χ3n) is 13.6. The molecule has 0 fully saturated rings. The topological polar surface area (TPSA) is 69.6 Å². The first kappa shape index (κ1) is 62.6. The summed E-state index contributed by atoms with van der Waals surface area (Å²) < 4.78 is 0. The van der Waals surface area contributed by atoms with Crippen LogP contribution in [-0.2, 0) is 4.79 Å². The summed E-state index contributed by atoms with van der Waals surface area (Å²) in [6, 6.07) is -0.618. The molecule has 0 radical (unpaired) electrons. The highest BCUT2D eigenvalue weighted by Gasteiger charge is 2.18. The third-order valence-corrected chi connectivity index (χ3v) is 13.6. The minimum absolute atomic E-state index is 0.0598. The summed E-state index contributed by atoms with van der Waals surface area (Å²) in [6.07, 6.45) is 76.3. The average Bonchev–Trinajstić information content (AvgIpc) is 3.30. The molecule has 0 heterocycles. The van der Waals surface area contributed by atoms with Gasteiger partial charge in [0, 0.05) is 6.42 Å². The highest BCUT2D eigenvalue weighted by atomic mass is 16.3. The van der Waals surface area contributed by atoms with Crippen LogP contribution in [0.5, 0.6) is 0 Å². The molecule has 378 valence electrons. The van der Waals surface area contributed by atoms with Crippen molar-refractivity contribution in [2.75, 3.05) is 6.61 Å². The van der Waals surface area contributed by atoms with Gasteiger partial charge in [0.1, 0.15) is 0 Å². The van der Waals surface area contributed by atoms with Crippen LogP contribution in [-0.4, -0.2) is 34.9 Å². The molecule has 4 nitrogen and oxygen atoms in total. The number of nitrogens with one attached hydrogen (secondary N) is 1. The molecule has 3 N–H and O–H groups in total. The first-order valence-corrected chi connectivity index (χ1v) is 29.2. The molecule has 2 atom stereocenters. The Morgan fingerprint density at radius 1 is 0.375 bits per heavy atom. The fourth-order valence-electron chi connectivity index (χ4n) is 9.15. The Morgan fingerprint density at radius 2 is 0.641 bits per heavy atom. The van der Waals surface area contributed by atoms with E-state index in [9.17, 15) is 15.0 Å². The predicted octanol–water partition coefficient (Wildman–Crippen LogP) is 19.3. The number of carbonyl (C=O) groups excluding carboxylic acids is 1. The Hall–Kier alpha value is -1.39. The molecule has 0 saturated carbocycles. The van der Waals surface area contributed by atoms with E-state index in [0.717, 1.165) is 32.1 Å². The zero-order valence-electron chi connectivity index (χ0n) is 43.6. The number of carbonyl (C=O) groups is 1. The maximum absolute atomic E-state index is 12.4. The number of allylic oxidation sites excluding steroid dienone is 5. The highest BCUT2D eigenvalue weighted by Crippen LogP contribution is 2.18. The Kier molecular flexibility index (Phi) is 54.7. The van der Waals surface area contributed by atoms with E-state index in [1.54, 1.807) is 6.08 Å². The molecular weight excluding hydrogens is 783 g/mol.